The minimum atomic E-state index is -0.235. The molecule has 1 heterocycles. The lowest BCUT2D eigenvalue weighted by Crippen LogP contribution is -2.36. The molecular weight excluding hydrogens is 304 g/mol. The van der Waals surface area contributed by atoms with E-state index in [-0.39, 0.29) is 23.6 Å². The molecule has 2 amide bonds. The van der Waals surface area contributed by atoms with Crippen LogP contribution < -0.4 is 10.6 Å². The van der Waals surface area contributed by atoms with Crippen LogP contribution in [-0.4, -0.2) is 54.9 Å². The van der Waals surface area contributed by atoms with E-state index in [4.69, 9.17) is 0 Å². The lowest BCUT2D eigenvalue weighted by atomic mass is 9.95. The Morgan fingerprint density at radius 1 is 1.21 bits per heavy atom. The highest BCUT2D eigenvalue weighted by Gasteiger charge is 2.17. The lowest BCUT2D eigenvalue weighted by molar-refractivity contribution is 0.0927. The van der Waals surface area contributed by atoms with Gasteiger partial charge in [0.05, 0.1) is 0 Å². The summed E-state index contributed by atoms with van der Waals surface area (Å²) in [5.41, 5.74) is 0.783. The smallest absolute Gasteiger partial charge is 0.269 e. The molecule has 2 rings (SSSR count). The zero-order valence-corrected chi connectivity index (χ0v) is 14.7. The predicted molar refractivity (Wildman–Crippen MR) is 94.1 cm³/mol. The third-order valence-electron chi connectivity index (χ3n) is 4.26. The van der Waals surface area contributed by atoms with Crippen LogP contribution in [0.5, 0.6) is 0 Å². The van der Waals surface area contributed by atoms with Gasteiger partial charge in [-0.15, -0.1) is 0 Å². The van der Waals surface area contributed by atoms with Crippen molar-refractivity contribution in [2.45, 2.75) is 44.6 Å². The van der Waals surface area contributed by atoms with Crippen molar-refractivity contribution < 1.29 is 9.59 Å². The first-order chi connectivity index (χ1) is 11.6. The maximum atomic E-state index is 12.3. The molecule has 0 aliphatic heterocycles. The Bertz CT molecular complexity index is 554. The standard InChI is InChI=1S/C18H28N4O2/c1-22(2)12-6-10-20-18(24)16-13-14(9-11-19-16)17(23)21-15-7-4-3-5-8-15/h9,11,13,15H,3-8,10,12H2,1-2H3,(H,20,24)(H,21,23). The van der Waals surface area contributed by atoms with E-state index in [1.165, 1.54) is 25.5 Å². The second-order valence-corrected chi connectivity index (χ2v) is 6.65. The van der Waals surface area contributed by atoms with Crippen LogP contribution in [0.1, 0.15) is 59.4 Å². The third-order valence-corrected chi connectivity index (χ3v) is 4.26. The fourth-order valence-electron chi connectivity index (χ4n) is 2.90. The molecule has 0 saturated heterocycles. The van der Waals surface area contributed by atoms with Gasteiger partial charge in [-0.1, -0.05) is 19.3 Å². The Morgan fingerprint density at radius 2 is 1.96 bits per heavy atom. The van der Waals surface area contributed by atoms with Crippen LogP contribution >= 0.6 is 0 Å². The topological polar surface area (TPSA) is 74.3 Å². The van der Waals surface area contributed by atoms with Crippen molar-refractivity contribution in [2.75, 3.05) is 27.2 Å². The van der Waals surface area contributed by atoms with Gasteiger partial charge in [-0.05, 0) is 52.0 Å². The van der Waals surface area contributed by atoms with Crippen LogP contribution in [0.25, 0.3) is 0 Å². The van der Waals surface area contributed by atoms with E-state index in [0.717, 1.165) is 25.8 Å². The summed E-state index contributed by atoms with van der Waals surface area (Å²) in [6, 6.07) is 3.48. The second kappa shape index (κ2) is 9.37. The number of aromatic nitrogens is 1. The second-order valence-electron chi connectivity index (χ2n) is 6.65. The summed E-state index contributed by atoms with van der Waals surface area (Å²) in [5.74, 6) is -0.355. The van der Waals surface area contributed by atoms with Crippen molar-refractivity contribution in [1.82, 2.24) is 20.5 Å². The molecule has 1 aromatic rings. The van der Waals surface area contributed by atoms with Crippen molar-refractivity contribution in [3.8, 4) is 0 Å². The van der Waals surface area contributed by atoms with Crippen LogP contribution in [0.3, 0.4) is 0 Å². The van der Waals surface area contributed by atoms with Gasteiger partial charge in [0, 0.05) is 24.3 Å². The summed E-state index contributed by atoms with van der Waals surface area (Å²) in [6.07, 6.45) is 8.06. The minimum Gasteiger partial charge on any atom is -0.351 e. The monoisotopic (exact) mass is 332 g/mol. The number of rotatable bonds is 7. The van der Waals surface area contributed by atoms with E-state index in [9.17, 15) is 9.59 Å². The molecule has 1 saturated carbocycles. The normalized spacial score (nSPS) is 15.3. The predicted octanol–water partition coefficient (Wildman–Crippen LogP) is 1.83. The number of hydrogen-bond acceptors (Lipinski definition) is 4. The van der Waals surface area contributed by atoms with Crippen LogP contribution in [0, 0.1) is 0 Å². The average molecular weight is 332 g/mol. The molecule has 1 aliphatic carbocycles. The number of pyridine rings is 1. The van der Waals surface area contributed by atoms with Crippen molar-refractivity contribution in [1.29, 1.82) is 0 Å². The van der Waals surface area contributed by atoms with E-state index in [2.05, 4.69) is 20.5 Å². The summed E-state index contributed by atoms with van der Waals surface area (Å²) < 4.78 is 0. The van der Waals surface area contributed by atoms with Crippen molar-refractivity contribution in [3.05, 3.63) is 29.6 Å². The summed E-state index contributed by atoms with van der Waals surface area (Å²) in [4.78, 5) is 30.6. The molecule has 0 unspecified atom stereocenters. The highest BCUT2D eigenvalue weighted by molar-refractivity contribution is 5.98. The average Bonchev–Trinajstić information content (AvgIpc) is 2.59. The summed E-state index contributed by atoms with van der Waals surface area (Å²) in [6.45, 7) is 1.51. The summed E-state index contributed by atoms with van der Waals surface area (Å²) >= 11 is 0. The maximum absolute atomic E-state index is 12.3. The molecule has 6 nitrogen and oxygen atoms in total. The van der Waals surface area contributed by atoms with Crippen LogP contribution in [0.15, 0.2) is 18.3 Å². The molecule has 1 aromatic heterocycles. The van der Waals surface area contributed by atoms with Gasteiger partial charge in [0.25, 0.3) is 11.8 Å². The molecule has 0 atom stereocenters. The number of hydrogen-bond donors (Lipinski definition) is 2. The van der Waals surface area contributed by atoms with Gasteiger partial charge in [0.2, 0.25) is 0 Å². The zero-order valence-electron chi connectivity index (χ0n) is 14.7. The number of amides is 2. The van der Waals surface area contributed by atoms with Gasteiger partial charge in [-0.2, -0.15) is 0 Å². The molecule has 6 heteroatoms. The fourth-order valence-corrected chi connectivity index (χ4v) is 2.90. The van der Waals surface area contributed by atoms with Gasteiger partial charge in [0.15, 0.2) is 0 Å². The minimum absolute atomic E-state index is 0.119. The van der Waals surface area contributed by atoms with Crippen LogP contribution in [0.4, 0.5) is 0 Å². The van der Waals surface area contributed by atoms with Gasteiger partial charge in [-0.25, -0.2) is 0 Å². The van der Waals surface area contributed by atoms with Crippen molar-refractivity contribution in [2.24, 2.45) is 0 Å². The van der Waals surface area contributed by atoms with Crippen molar-refractivity contribution >= 4 is 11.8 Å². The first kappa shape index (κ1) is 18.4. The Kier molecular flexibility index (Phi) is 7.18. The summed E-state index contributed by atoms with van der Waals surface area (Å²) in [7, 11) is 4.00. The zero-order chi connectivity index (χ0) is 17.4. The Hall–Kier alpha value is -1.95. The first-order valence-electron chi connectivity index (χ1n) is 8.76. The Balaban J connectivity index is 1.87. The fraction of sp³-hybridized carbons (Fsp3) is 0.611. The van der Waals surface area contributed by atoms with Crippen molar-refractivity contribution in [3.63, 3.8) is 0 Å². The third kappa shape index (κ3) is 5.92. The largest absolute Gasteiger partial charge is 0.351 e. The number of carbonyl (C=O) groups excluding carboxylic acids is 2. The quantitative estimate of drug-likeness (QED) is 0.747. The van der Waals surface area contributed by atoms with Gasteiger partial charge in [-0.3, -0.25) is 14.6 Å². The van der Waals surface area contributed by atoms with E-state index in [1.54, 1.807) is 12.1 Å². The van der Waals surface area contributed by atoms with E-state index < -0.39 is 0 Å². The molecule has 132 valence electrons. The highest BCUT2D eigenvalue weighted by Crippen LogP contribution is 2.17. The molecule has 0 radical (unpaired) electrons. The number of nitrogens with one attached hydrogen (secondary N) is 2. The molecule has 0 spiro atoms. The van der Waals surface area contributed by atoms with Gasteiger partial charge in [0.1, 0.15) is 5.69 Å². The Labute approximate surface area is 144 Å². The van der Waals surface area contributed by atoms with Gasteiger partial charge < -0.3 is 15.5 Å². The molecule has 24 heavy (non-hydrogen) atoms. The maximum Gasteiger partial charge on any atom is 0.269 e. The van der Waals surface area contributed by atoms with Crippen LogP contribution in [-0.2, 0) is 0 Å². The molecular formula is C18H28N4O2. The Morgan fingerprint density at radius 3 is 2.67 bits per heavy atom. The number of carbonyl (C=O) groups is 2. The van der Waals surface area contributed by atoms with Crippen LogP contribution in [0.2, 0.25) is 0 Å². The summed E-state index contributed by atoms with van der Waals surface area (Å²) in [5, 5.41) is 5.90. The number of nitrogens with zero attached hydrogens (tertiary/aromatic N) is 2. The first-order valence-corrected chi connectivity index (χ1v) is 8.76. The lowest BCUT2D eigenvalue weighted by Gasteiger charge is -2.22. The van der Waals surface area contributed by atoms with E-state index in [1.807, 2.05) is 14.1 Å². The molecule has 1 fully saturated rings. The molecule has 0 aromatic carbocycles. The van der Waals surface area contributed by atoms with E-state index >= 15 is 0 Å². The van der Waals surface area contributed by atoms with Gasteiger partial charge >= 0.3 is 0 Å². The SMILES string of the molecule is CN(C)CCCNC(=O)c1cc(C(=O)NC2CCCCC2)ccn1. The molecule has 1 aliphatic rings. The molecule has 2 N–H and O–H groups in total. The molecule has 0 bridgehead atoms. The highest BCUT2D eigenvalue weighted by atomic mass is 16.2. The van der Waals surface area contributed by atoms with E-state index in [0.29, 0.717) is 12.1 Å².